The van der Waals surface area contributed by atoms with Crippen molar-refractivity contribution in [2.24, 2.45) is 11.1 Å². The molecular formula is C12H22N2O3. The molecule has 1 amide bonds. The van der Waals surface area contributed by atoms with E-state index in [2.05, 4.69) is 0 Å². The van der Waals surface area contributed by atoms with E-state index in [9.17, 15) is 9.59 Å². The van der Waals surface area contributed by atoms with Gasteiger partial charge >= 0.3 is 5.97 Å². The highest BCUT2D eigenvalue weighted by atomic mass is 16.4. The number of hydrogen-bond acceptors (Lipinski definition) is 3. The van der Waals surface area contributed by atoms with Crippen molar-refractivity contribution in [2.45, 2.75) is 45.6 Å². The number of amides is 1. The summed E-state index contributed by atoms with van der Waals surface area (Å²) in [5, 5.41) is 9.16. The van der Waals surface area contributed by atoms with E-state index in [1.165, 1.54) is 0 Å². The second-order valence-electron chi connectivity index (χ2n) is 5.30. The molecule has 0 saturated carbocycles. The number of aliphatic carboxylic acids is 1. The average molecular weight is 242 g/mol. The second-order valence-corrected chi connectivity index (χ2v) is 5.30. The molecule has 0 aromatic carbocycles. The first-order valence-corrected chi connectivity index (χ1v) is 6.12. The first-order chi connectivity index (χ1) is 7.85. The van der Waals surface area contributed by atoms with Crippen molar-refractivity contribution in [3.63, 3.8) is 0 Å². The molecule has 98 valence electrons. The van der Waals surface area contributed by atoms with Crippen molar-refractivity contribution in [2.75, 3.05) is 13.1 Å². The lowest BCUT2D eigenvalue weighted by molar-refractivity contribution is -0.153. The van der Waals surface area contributed by atoms with Crippen molar-refractivity contribution < 1.29 is 14.7 Å². The quantitative estimate of drug-likeness (QED) is 0.764. The van der Waals surface area contributed by atoms with Gasteiger partial charge in [-0.05, 0) is 33.1 Å². The first-order valence-electron chi connectivity index (χ1n) is 6.12. The van der Waals surface area contributed by atoms with Crippen molar-refractivity contribution >= 4 is 11.9 Å². The maximum Gasteiger partial charge on any atom is 0.311 e. The van der Waals surface area contributed by atoms with Gasteiger partial charge in [-0.1, -0.05) is 0 Å². The fourth-order valence-electron chi connectivity index (χ4n) is 2.14. The number of likely N-dealkylation sites (tertiary alicyclic amines) is 1. The third-order valence-electron chi connectivity index (χ3n) is 3.38. The maximum atomic E-state index is 11.9. The Bertz CT molecular complexity index is 304. The van der Waals surface area contributed by atoms with Crippen LogP contribution in [0.15, 0.2) is 0 Å². The number of carbonyl (C=O) groups excluding carboxylic acids is 1. The molecule has 0 bridgehead atoms. The lowest BCUT2D eigenvalue weighted by Crippen LogP contribution is -2.48. The van der Waals surface area contributed by atoms with Gasteiger partial charge in [0.15, 0.2) is 0 Å². The predicted octanol–water partition coefficient (Wildman–Crippen LogP) is 0.827. The smallest absolute Gasteiger partial charge is 0.311 e. The van der Waals surface area contributed by atoms with E-state index in [-0.39, 0.29) is 11.9 Å². The fraction of sp³-hybridized carbons (Fsp3) is 0.833. The molecule has 1 rings (SSSR count). The summed E-state index contributed by atoms with van der Waals surface area (Å²) >= 11 is 0. The van der Waals surface area contributed by atoms with Gasteiger partial charge in [-0.15, -0.1) is 0 Å². The van der Waals surface area contributed by atoms with Crippen molar-refractivity contribution in [3.8, 4) is 0 Å². The van der Waals surface area contributed by atoms with Crippen molar-refractivity contribution in [1.29, 1.82) is 0 Å². The van der Waals surface area contributed by atoms with Gasteiger partial charge in [-0.2, -0.15) is 0 Å². The highest BCUT2D eigenvalue weighted by Gasteiger charge is 2.39. The van der Waals surface area contributed by atoms with Crippen LogP contribution in [0.3, 0.4) is 0 Å². The number of rotatable bonds is 4. The number of nitrogens with two attached hydrogens (primary N) is 1. The minimum atomic E-state index is -0.817. The van der Waals surface area contributed by atoms with Crippen LogP contribution in [0.5, 0.6) is 0 Å². The van der Waals surface area contributed by atoms with Gasteiger partial charge in [-0.3, -0.25) is 9.59 Å². The van der Waals surface area contributed by atoms with Crippen LogP contribution < -0.4 is 5.73 Å². The molecule has 2 unspecified atom stereocenters. The summed E-state index contributed by atoms with van der Waals surface area (Å²) in [6.45, 7) is 4.56. The zero-order chi connectivity index (χ0) is 13.1. The summed E-state index contributed by atoms with van der Waals surface area (Å²) in [7, 11) is 0. The average Bonchev–Trinajstić information content (AvgIpc) is 2.25. The van der Waals surface area contributed by atoms with E-state index < -0.39 is 11.4 Å². The first kappa shape index (κ1) is 14.0. The SMILES string of the molecule is CC(N)CCC(=O)N1CCCC(C)(C(=O)O)C1. The van der Waals surface area contributed by atoms with Crippen LogP contribution in [-0.4, -0.2) is 41.0 Å². The van der Waals surface area contributed by atoms with Crippen LogP contribution >= 0.6 is 0 Å². The van der Waals surface area contributed by atoms with Crippen LogP contribution in [0.4, 0.5) is 0 Å². The molecule has 0 radical (unpaired) electrons. The van der Waals surface area contributed by atoms with Crippen LogP contribution in [0.2, 0.25) is 0 Å². The molecule has 0 aliphatic carbocycles. The van der Waals surface area contributed by atoms with Gasteiger partial charge in [0.2, 0.25) is 5.91 Å². The molecule has 5 nitrogen and oxygen atoms in total. The van der Waals surface area contributed by atoms with Gasteiger partial charge in [0.05, 0.1) is 5.41 Å². The minimum Gasteiger partial charge on any atom is -0.481 e. The van der Waals surface area contributed by atoms with Crippen molar-refractivity contribution in [3.05, 3.63) is 0 Å². The lowest BCUT2D eigenvalue weighted by Gasteiger charge is -2.37. The Balaban J connectivity index is 2.54. The standard InChI is InChI=1S/C12H22N2O3/c1-9(13)4-5-10(15)14-7-3-6-12(2,8-14)11(16)17/h9H,3-8,13H2,1-2H3,(H,16,17). The van der Waals surface area contributed by atoms with E-state index in [4.69, 9.17) is 10.8 Å². The molecule has 1 heterocycles. The molecule has 3 N–H and O–H groups in total. The molecule has 0 aromatic heterocycles. The molecular weight excluding hydrogens is 220 g/mol. The Kier molecular flexibility index (Phi) is 4.51. The number of piperidine rings is 1. The third kappa shape index (κ3) is 3.70. The van der Waals surface area contributed by atoms with Crippen LogP contribution in [0, 0.1) is 5.41 Å². The van der Waals surface area contributed by atoms with Gasteiger partial charge < -0.3 is 15.7 Å². The summed E-state index contributed by atoms with van der Waals surface area (Å²) in [6, 6.07) is 0.00889. The number of carboxylic acids is 1. The number of hydrogen-bond donors (Lipinski definition) is 2. The Labute approximate surface area is 102 Å². The summed E-state index contributed by atoms with van der Waals surface area (Å²) in [5.74, 6) is -0.795. The van der Waals surface area contributed by atoms with E-state index in [0.29, 0.717) is 32.4 Å². The molecule has 1 aliphatic heterocycles. The molecule has 0 spiro atoms. The van der Waals surface area contributed by atoms with Gasteiger partial charge in [0, 0.05) is 25.6 Å². The molecule has 1 aliphatic rings. The fourth-order valence-corrected chi connectivity index (χ4v) is 2.14. The van der Waals surface area contributed by atoms with Crippen molar-refractivity contribution in [1.82, 2.24) is 4.90 Å². The maximum absolute atomic E-state index is 11.9. The molecule has 2 atom stereocenters. The van der Waals surface area contributed by atoms with Crippen LogP contribution in [-0.2, 0) is 9.59 Å². The van der Waals surface area contributed by atoms with Crippen LogP contribution in [0.1, 0.15) is 39.5 Å². The number of carboxylic acid groups (broad SMARTS) is 1. The predicted molar refractivity (Wildman–Crippen MR) is 64.4 cm³/mol. The third-order valence-corrected chi connectivity index (χ3v) is 3.38. The number of nitrogens with zero attached hydrogens (tertiary/aromatic N) is 1. The Morgan fingerprint density at radius 3 is 2.71 bits per heavy atom. The largest absolute Gasteiger partial charge is 0.481 e. The van der Waals surface area contributed by atoms with Gasteiger partial charge in [0.25, 0.3) is 0 Å². The monoisotopic (exact) mass is 242 g/mol. The highest BCUT2D eigenvalue weighted by Crippen LogP contribution is 2.30. The zero-order valence-electron chi connectivity index (χ0n) is 10.6. The Morgan fingerprint density at radius 1 is 1.53 bits per heavy atom. The molecule has 17 heavy (non-hydrogen) atoms. The topological polar surface area (TPSA) is 83.6 Å². The van der Waals surface area contributed by atoms with E-state index in [0.717, 1.165) is 6.42 Å². The summed E-state index contributed by atoms with van der Waals surface area (Å²) < 4.78 is 0. The normalized spacial score (nSPS) is 26.6. The molecule has 1 saturated heterocycles. The molecule has 5 heteroatoms. The van der Waals surface area contributed by atoms with Gasteiger partial charge in [-0.25, -0.2) is 0 Å². The second kappa shape index (κ2) is 5.49. The summed E-state index contributed by atoms with van der Waals surface area (Å²) in [4.78, 5) is 24.7. The number of carbonyl (C=O) groups is 2. The van der Waals surface area contributed by atoms with E-state index >= 15 is 0 Å². The van der Waals surface area contributed by atoms with Gasteiger partial charge in [0.1, 0.15) is 0 Å². The Hall–Kier alpha value is -1.10. The summed E-state index contributed by atoms with van der Waals surface area (Å²) in [6.07, 6.45) is 2.46. The summed E-state index contributed by atoms with van der Waals surface area (Å²) in [5.41, 5.74) is 4.82. The van der Waals surface area contributed by atoms with E-state index in [1.807, 2.05) is 6.92 Å². The minimum absolute atomic E-state index is 0.00889. The van der Waals surface area contributed by atoms with Crippen LogP contribution in [0.25, 0.3) is 0 Å². The molecule has 0 aromatic rings. The molecule has 1 fully saturated rings. The lowest BCUT2D eigenvalue weighted by atomic mass is 9.82. The van der Waals surface area contributed by atoms with E-state index in [1.54, 1.807) is 11.8 Å². The highest BCUT2D eigenvalue weighted by molar-refractivity contribution is 5.79. The zero-order valence-corrected chi connectivity index (χ0v) is 10.6. The Morgan fingerprint density at radius 2 is 2.18 bits per heavy atom.